The first-order valence-electron chi connectivity index (χ1n) is 6.31. The summed E-state index contributed by atoms with van der Waals surface area (Å²) in [6.07, 6.45) is 0. The Kier molecular flexibility index (Phi) is 4.25. The van der Waals surface area contributed by atoms with E-state index in [0.717, 1.165) is 16.8 Å². The minimum atomic E-state index is -0.343. The minimum absolute atomic E-state index is 0.269. The molecule has 0 aromatic heterocycles. The van der Waals surface area contributed by atoms with Gasteiger partial charge in [0.1, 0.15) is 5.75 Å². The molecule has 2 aromatic rings. The summed E-state index contributed by atoms with van der Waals surface area (Å²) < 4.78 is 4.76. The number of phenols is 1. The topological polar surface area (TPSA) is 58.6 Å². The molecule has 0 spiro atoms. The van der Waals surface area contributed by atoms with Crippen LogP contribution >= 0.6 is 0 Å². The van der Waals surface area contributed by atoms with E-state index in [4.69, 9.17) is 4.74 Å². The van der Waals surface area contributed by atoms with Gasteiger partial charge in [-0.1, -0.05) is 18.2 Å². The predicted molar refractivity (Wildman–Crippen MR) is 78.0 cm³/mol. The van der Waals surface area contributed by atoms with Crippen molar-refractivity contribution in [1.29, 1.82) is 0 Å². The number of methoxy groups -OCH3 is 1. The Bertz CT molecular complexity index is 623. The van der Waals surface area contributed by atoms with Gasteiger partial charge in [-0.15, -0.1) is 0 Å². The lowest BCUT2D eigenvalue weighted by Crippen LogP contribution is -2.09. The number of aryl methyl sites for hydroxylation is 1. The predicted octanol–water partition coefficient (Wildman–Crippen LogP) is 3.10. The van der Waals surface area contributed by atoms with Gasteiger partial charge in [0.25, 0.3) is 0 Å². The third kappa shape index (κ3) is 3.09. The van der Waals surface area contributed by atoms with Gasteiger partial charge in [0.15, 0.2) is 0 Å². The number of carbonyl (C=O) groups is 1. The number of benzene rings is 2. The highest BCUT2D eigenvalue weighted by Crippen LogP contribution is 2.21. The van der Waals surface area contributed by atoms with Crippen molar-refractivity contribution in [3.8, 4) is 5.75 Å². The first kappa shape index (κ1) is 13.9. The van der Waals surface area contributed by atoms with Gasteiger partial charge in [-0.05, 0) is 42.3 Å². The Balaban J connectivity index is 2.14. The lowest BCUT2D eigenvalue weighted by atomic mass is 10.1. The second kappa shape index (κ2) is 6.10. The van der Waals surface area contributed by atoms with E-state index >= 15 is 0 Å². The SMILES string of the molecule is COC(=O)c1ccccc1CNc1ccc(O)c(C)c1. The molecule has 0 unspecified atom stereocenters. The van der Waals surface area contributed by atoms with Crippen molar-refractivity contribution in [3.05, 3.63) is 59.2 Å². The van der Waals surface area contributed by atoms with Crippen LogP contribution in [0.1, 0.15) is 21.5 Å². The molecule has 2 N–H and O–H groups in total. The molecular formula is C16H17NO3. The van der Waals surface area contributed by atoms with Crippen LogP contribution in [0.4, 0.5) is 5.69 Å². The largest absolute Gasteiger partial charge is 0.508 e. The maximum atomic E-state index is 11.7. The van der Waals surface area contributed by atoms with Crippen LogP contribution in [0.15, 0.2) is 42.5 Å². The van der Waals surface area contributed by atoms with E-state index in [1.54, 1.807) is 24.3 Å². The number of hydrogen-bond donors (Lipinski definition) is 2. The van der Waals surface area contributed by atoms with Crippen LogP contribution in [0.3, 0.4) is 0 Å². The van der Waals surface area contributed by atoms with E-state index in [-0.39, 0.29) is 11.7 Å². The Morgan fingerprint density at radius 3 is 2.70 bits per heavy atom. The zero-order valence-electron chi connectivity index (χ0n) is 11.5. The quantitative estimate of drug-likeness (QED) is 0.662. The van der Waals surface area contributed by atoms with Crippen molar-refractivity contribution >= 4 is 11.7 Å². The fourth-order valence-corrected chi connectivity index (χ4v) is 1.95. The van der Waals surface area contributed by atoms with Crippen molar-refractivity contribution in [3.63, 3.8) is 0 Å². The molecule has 0 radical (unpaired) electrons. The number of carbonyl (C=O) groups excluding carboxylic acids is 1. The highest BCUT2D eigenvalue weighted by atomic mass is 16.5. The minimum Gasteiger partial charge on any atom is -0.508 e. The van der Waals surface area contributed by atoms with Crippen LogP contribution < -0.4 is 5.32 Å². The Hall–Kier alpha value is -2.49. The highest BCUT2D eigenvalue weighted by Gasteiger charge is 2.10. The van der Waals surface area contributed by atoms with Crippen molar-refractivity contribution in [2.45, 2.75) is 13.5 Å². The van der Waals surface area contributed by atoms with Crippen LogP contribution in [0, 0.1) is 6.92 Å². The molecule has 0 aliphatic rings. The highest BCUT2D eigenvalue weighted by molar-refractivity contribution is 5.91. The summed E-state index contributed by atoms with van der Waals surface area (Å²) in [5, 5.41) is 12.7. The molecule has 0 bridgehead atoms. The lowest BCUT2D eigenvalue weighted by Gasteiger charge is -2.11. The molecule has 104 valence electrons. The monoisotopic (exact) mass is 271 g/mol. The average molecular weight is 271 g/mol. The fourth-order valence-electron chi connectivity index (χ4n) is 1.95. The van der Waals surface area contributed by atoms with E-state index in [9.17, 15) is 9.90 Å². The van der Waals surface area contributed by atoms with E-state index in [1.807, 2.05) is 25.1 Å². The molecule has 20 heavy (non-hydrogen) atoms. The molecule has 0 amide bonds. The maximum Gasteiger partial charge on any atom is 0.338 e. The van der Waals surface area contributed by atoms with Gasteiger partial charge < -0.3 is 15.2 Å². The number of aromatic hydroxyl groups is 1. The van der Waals surface area contributed by atoms with E-state index in [1.165, 1.54) is 7.11 Å². The number of hydrogen-bond acceptors (Lipinski definition) is 4. The molecule has 0 saturated carbocycles. The summed E-state index contributed by atoms with van der Waals surface area (Å²) >= 11 is 0. The van der Waals surface area contributed by atoms with Crippen LogP contribution in [0.2, 0.25) is 0 Å². The van der Waals surface area contributed by atoms with Gasteiger partial charge in [0, 0.05) is 12.2 Å². The van der Waals surface area contributed by atoms with E-state index in [2.05, 4.69) is 5.32 Å². The third-order valence-electron chi connectivity index (χ3n) is 3.10. The molecule has 2 aromatic carbocycles. The first-order chi connectivity index (χ1) is 9.61. The average Bonchev–Trinajstić information content (AvgIpc) is 2.48. The standard InChI is InChI=1S/C16H17NO3/c1-11-9-13(7-8-15(11)18)17-10-12-5-3-4-6-14(12)16(19)20-2/h3-9,17-18H,10H2,1-2H3. The molecule has 4 heteroatoms. The number of phenolic OH excluding ortho intramolecular Hbond substituents is 1. The summed E-state index contributed by atoms with van der Waals surface area (Å²) in [5.41, 5.74) is 3.11. The Labute approximate surface area is 118 Å². The summed E-state index contributed by atoms with van der Waals surface area (Å²) in [5.74, 6) is -0.0743. The second-order valence-corrected chi connectivity index (χ2v) is 4.50. The molecule has 0 saturated heterocycles. The van der Waals surface area contributed by atoms with Gasteiger partial charge in [-0.2, -0.15) is 0 Å². The van der Waals surface area contributed by atoms with E-state index < -0.39 is 0 Å². The van der Waals surface area contributed by atoms with Crippen molar-refractivity contribution in [1.82, 2.24) is 0 Å². The number of nitrogens with one attached hydrogen (secondary N) is 1. The van der Waals surface area contributed by atoms with Crippen molar-refractivity contribution in [2.75, 3.05) is 12.4 Å². The molecule has 4 nitrogen and oxygen atoms in total. The summed E-state index contributed by atoms with van der Waals surface area (Å²) in [4.78, 5) is 11.7. The smallest absolute Gasteiger partial charge is 0.338 e. The van der Waals surface area contributed by atoms with Gasteiger partial charge in [0.05, 0.1) is 12.7 Å². The van der Waals surface area contributed by atoms with Gasteiger partial charge in [-0.3, -0.25) is 0 Å². The van der Waals surface area contributed by atoms with Crippen molar-refractivity contribution in [2.24, 2.45) is 0 Å². The fraction of sp³-hybridized carbons (Fsp3) is 0.188. The first-order valence-corrected chi connectivity index (χ1v) is 6.31. The number of anilines is 1. The van der Waals surface area contributed by atoms with Gasteiger partial charge in [-0.25, -0.2) is 4.79 Å². The molecule has 0 heterocycles. The summed E-state index contributed by atoms with van der Waals surface area (Å²) in [7, 11) is 1.37. The third-order valence-corrected chi connectivity index (χ3v) is 3.10. The van der Waals surface area contributed by atoms with Gasteiger partial charge >= 0.3 is 5.97 Å². The molecule has 0 fully saturated rings. The Morgan fingerprint density at radius 1 is 1.25 bits per heavy atom. The van der Waals surface area contributed by atoms with Crippen LogP contribution in [0.25, 0.3) is 0 Å². The lowest BCUT2D eigenvalue weighted by molar-refractivity contribution is 0.0599. The van der Waals surface area contributed by atoms with Crippen LogP contribution in [0.5, 0.6) is 5.75 Å². The summed E-state index contributed by atoms with van der Waals surface area (Å²) in [6.45, 7) is 2.35. The normalized spacial score (nSPS) is 10.1. The maximum absolute atomic E-state index is 11.7. The van der Waals surface area contributed by atoms with Gasteiger partial charge in [0.2, 0.25) is 0 Å². The zero-order valence-corrected chi connectivity index (χ0v) is 11.5. The van der Waals surface area contributed by atoms with E-state index in [0.29, 0.717) is 12.1 Å². The van der Waals surface area contributed by atoms with Crippen LogP contribution in [-0.4, -0.2) is 18.2 Å². The summed E-state index contributed by atoms with van der Waals surface area (Å²) in [6, 6.07) is 12.6. The Morgan fingerprint density at radius 2 is 2.00 bits per heavy atom. The van der Waals surface area contributed by atoms with Crippen molar-refractivity contribution < 1.29 is 14.6 Å². The number of esters is 1. The second-order valence-electron chi connectivity index (χ2n) is 4.50. The molecule has 0 aliphatic heterocycles. The number of rotatable bonds is 4. The molecule has 0 aliphatic carbocycles. The molecule has 2 rings (SSSR count). The number of ether oxygens (including phenoxy) is 1. The zero-order chi connectivity index (χ0) is 14.5. The molecular weight excluding hydrogens is 254 g/mol. The molecule has 0 atom stereocenters. The van der Waals surface area contributed by atoms with Crippen LogP contribution in [-0.2, 0) is 11.3 Å².